The molecule has 1 unspecified atom stereocenters. The fourth-order valence-corrected chi connectivity index (χ4v) is 2.38. The predicted molar refractivity (Wildman–Crippen MR) is 68.3 cm³/mol. The van der Waals surface area contributed by atoms with Crippen LogP contribution in [0.2, 0.25) is 5.15 Å². The van der Waals surface area contributed by atoms with Gasteiger partial charge in [0.05, 0.1) is 5.60 Å². The highest BCUT2D eigenvalue weighted by Crippen LogP contribution is 2.28. The van der Waals surface area contributed by atoms with Crippen molar-refractivity contribution in [2.45, 2.75) is 25.4 Å². The van der Waals surface area contributed by atoms with Crippen LogP contribution in [0, 0.1) is 0 Å². The average molecular weight is 271 g/mol. The molecular formula is C12H15ClN2O3. The lowest BCUT2D eigenvalue weighted by atomic mass is 9.95. The van der Waals surface area contributed by atoms with Crippen molar-refractivity contribution in [3.8, 4) is 0 Å². The summed E-state index contributed by atoms with van der Waals surface area (Å²) in [5.74, 6) is -0.714. The Morgan fingerprint density at radius 2 is 2.28 bits per heavy atom. The molecule has 1 aliphatic rings. The number of nitrogens with zero attached hydrogens (tertiary/aromatic N) is 2. The molecule has 0 saturated carbocycles. The van der Waals surface area contributed by atoms with Crippen molar-refractivity contribution in [1.29, 1.82) is 0 Å². The summed E-state index contributed by atoms with van der Waals surface area (Å²) < 4.78 is 0. The van der Waals surface area contributed by atoms with Gasteiger partial charge in [-0.2, -0.15) is 0 Å². The summed E-state index contributed by atoms with van der Waals surface area (Å²) >= 11 is 5.82. The van der Waals surface area contributed by atoms with Crippen molar-refractivity contribution in [3.05, 3.63) is 22.8 Å². The molecule has 98 valence electrons. The number of piperidine rings is 1. The number of rotatable bonds is 2. The summed E-state index contributed by atoms with van der Waals surface area (Å²) in [6, 6.07) is 2.90. The smallest absolute Gasteiger partial charge is 0.339 e. The fourth-order valence-electron chi connectivity index (χ4n) is 2.23. The Morgan fingerprint density at radius 3 is 2.89 bits per heavy atom. The standard InChI is InChI=1S/C12H15ClN2O3/c1-12(18)5-2-6-15(7-12)10-8(11(16)17)3-4-9(13)14-10/h3-4,18H,2,5-7H2,1H3,(H,16,17). The zero-order valence-electron chi connectivity index (χ0n) is 10.1. The SMILES string of the molecule is CC1(O)CCCN(c2nc(Cl)ccc2C(=O)O)C1. The second kappa shape index (κ2) is 4.74. The Balaban J connectivity index is 2.37. The van der Waals surface area contributed by atoms with Gasteiger partial charge in [0.15, 0.2) is 0 Å². The molecule has 0 amide bonds. The van der Waals surface area contributed by atoms with Crippen molar-refractivity contribution in [3.63, 3.8) is 0 Å². The van der Waals surface area contributed by atoms with Crippen LogP contribution in [0.25, 0.3) is 0 Å². The summed E-state index contributed by atoms with van der Waals surface area (Å²) in [4.78, 5) is 17.0. The first-order valence-electron chi connectivity index (χ1n) is 5.76. The van der Waals surface area contributed by atoms with Gasteiger partial charge in [-0.25, -0.2) is 9.78 Å². The van der Waals surface area contributed by atoms with E-state index in [2.05, 4.69) is 4.98 Å². The molecule has 2 N–H and O–H groups in total. The highest BCUT2D eigenvalue weighted by Gasteiger charge is 2.31. The number of carboxylic acids is 1. The number of carbonyl (C=O) groups is 1. The molecule has 5 nitrogen and oxygen atoms in total. The first-order chi connectivity index (χ1) is 8.39. The minimum Gasteiger partial charge on any atom is -0.478 e. The zero-order valence-corrected chi connectivity index (χ0v) is 10.8. The Labute approximate surface area is 110 Å². The van der Waals surface area contributed by atoms with Crippen LogP contribution in [-0.2, 0) is 0 Å². The second-order valence-corrected chi connectivity index (χ2v) is 5.22. The number of aliphatic hydroxyl groups is 1. The topological polar surface area (TPSA) is 73.7 Å². The lowest BCUT2D eigenvalue weighted by Crippen LogP contribution is -2.47. The van der Waals surface area contributed by atoms with Gasteiger partial charge in [-0.3, -0.25) is 0 Å². The lowest BCUT2D eigenvalue weighted by molar-refractivity contribution is 0.0443. The Bertz CT molecular complexity index is 476. The van der Waals surface area contributed by atoms with Crippen LogP contribution in [0.4, 0.5) is 5.82 Å². The minimum atomic E-state index is -1.04. The molecule has 0 spiro atoms. The maximum Gasteiger partial charge on any atom is 0.339 e. The quantitative estimate of drug-likeness (QED) is 0.802. The van der Waals surface area contributed by atoms with Gasteiger partial charge in [0.25, 0.3) is 0 Å². The third-order valence-electron chi connectivity index (χ3n) is 3.05. The Hall–Kier alpha value is -1.33. The third-order valence-corrected chi connectivity index (χ3v) is 3.26. The van der Waals surface area contributed by atoms with Crippen molar-refractivity contribution in [1.82, 2.24) is 4.98 Å². The van der Waals surface area contributed by atoms with Crippen LogP contribution in [0.1, 0.15) is 30.1 Å². The molecule has 1 atom stereocenters. The van der Waals surface area contributed by atoms with E-state index >= 15 is 0 Å². The van der Waals surface area contributed by atoms with Gasteiger partial charge in [0.1, 0.15) is 16.5 Å². The number of carboxylic acid groups (broad SMARTS) is 1. The van der Waals surface area contributed by atoms with Gasteiger partial charge in [-0.1, -0.05) is 11.6 Å². The highest BCUT2D eigenvalue weighted by atomic mass is 35.5. The maximum absolute atomic E-state index is 11.2. The largest absolute Gasteiger partial charge is 0.478 e. The molecule has 0 aromatic carbocycles. The molecular weight excluding hydrogens is 256 g/mol. The van der Waals surface area contributed by atoms with Gasteiger partial charge in [-0.15, -0.1) is 0 Å². The molecule has 6 heteroatoms. The molecule has 1 fully saturated rings. The van der Waals surface area contributed by atoms with Crippen LogP contribution in [0.3, 0.4) is 0 Å². The number of halogens is 1. The summed E-state index contributed by atoms with van der Waals surface area (Å²) in [7, 11) is 0. The number of aromatic carboxylic acids is 1. The molecule has 1 aromatic heterocycles. The van der Waals surface area contributed by atoms with Crippen molar-refractivity contribution < 1.29 is 15.0 Å². The number of aromatic nitrogens is 1. The molecule has 2 heterocycles. The van der Waals surface area contributed by atoms with Crippen LogP contribution >= 0.6 is 11.6 Å². The number of pyridine rings is 1. The molecule has 1 aromatic rings. The van der Waals surface area contributed by atoms with E-state index in [0.29, 0.717) is 25.3 Å². The maximum atomic E-state index is 11.2. The summed E-state index contributed by atoms with van der Waals surface area (Å²) in [6.07, 6.45) is 1.49. The van der Waals surface area contributed by atoms with Crippen molar-refractivity contribution in [2.75, 3.05) is 18.0 Å². The van der Waals surface area contributed by atoms with Gasteiger partial charge in [-0.05, 0) is 31.9 Å². The van der Waals surface area contributed by atoms with Crippen LogP contribution in [-0.4, -0.2) is 39.9 Å². The van der Waals surface area contributed by atoms with Crippen LogP contribution < -0.4 is 4.90 Å². The third kappa shape index (κ3) is 2.73. The Morgan fingerprint density at radius 1 is 1.56 bits per heavy atom. The van der Waals surface area contributed by atoms with Crippen molar-refractivity contribution in [2.24, 2.45) is 0 Å². The van der Waals surface area contributed by atoms with E-state index in [1.807, 2.05) is 0 Å². The van der Waals surface area contributed by atoms with E-state index in [4.69, 9.17) is 16.7 Å². The average Bonchev–Trinajstić information content (AvgIpc) is 2.27. The Kier molecular flexibility index (Phi) is 3.45. The molecule has 0 radical (unpaired) electrons. The van der Waals surface area contributed by atoms with Gasteiger partial charge >= 0.3 is 5.97 Å². The molecule has 0 aliphatic carbocycles. The molecule has 1 saturated heterocycles. The summed E-state index contributed by atoms with van der Waals surface area (Å²) in [5.41, 5.74) is -0.713. The monoisotopic (exact) mass is 270 g/mol. The van der Waals surface area contributed by atoms with E-state index in [0.717, 1.165) is 6.42 Å². The molecule has 18 heavy (non-hydrogen) atoms. The number of hydrogen-bond acceptors (Lipinski definition) is 4. The van der Waals surface area contributed by atoms with Crippen LogP contribution in [0.15, 0.2) is 12.1 Å². The summed E-state index contributed by atoms with van der Waals surface area (Å²) in [6.45, 7) is 2.77. The number of β-amino-alcohol motifs (C(OH)–C–C–N with tert-alkyl or cyclic N) is 1. The van der Waals surface area contributed by atoms with E-state index in [-0.39, 0.29) is 10.7 Å². The minimum absolute atomic E-state index is 0.108. The highest BCUT2D eigenvalue weighted by molar-refractivity contribution is 6.29. The normalized spacial score (nSPS) is 24.1. The van der Waals surface area contributed by atoms with Crippen molar-refractivity contribution >= 4 is 23.4 Å². The van der Waals surface area contributed by atoms with Crippen LogP contribution in [0.5, 0.6) is 0 Å². The van der Waals surface area contributed by atoms with E-state index in [1.54, 1.807) is 11.8 Å². The summed E-state index contributed by atoms with van der Waals surface area (Å²) in [5, 5.41) is 19.5. The van der Waals surface area contributed by atoms with Gasteiger partial charge in [0.2, 0.25) is 0 Å². The van der Waals surface area contributed by atoms with E-state index in [1.165, 1.54) is 12.1 Å². The molecule has 1 aliphatic heterocycles. The molecule has 0 bridgehead atoms. The van der Waals surface area contributed by atoms with Gasteiger partial charge < -0.3 is 15.1 Å². The molecule has 2 rings (SSSR count). The van der Waals surface area contributed by atoms with E-state index < -0.39 is 11.6 Å². The zero-order chi connectivity index (χ0) is 13.3. The van der Waals surface area contributed by atoms with Gasteiger partial charge in [0, 0.05) is 13.1 Å². The number of hydrogen-bond donors (Lipinski definition) is 2. The fraction of sp³-hybridized carbons (Fsp3) is 0.500. The first kappa shape index (κ1) is 13.1. The van der Waals surface area contributed by atoms with E-state index in [9.17, 15) is 9.90 Å². The lowest BCUT2D eigenvalue weighted by Gasteiger charge is -2.38. The number of anilines is 1. The predicted octanol–water partition coefficient (Wildman–Crippen LogP) is 1.78. The first-order valence-corrected chi connectivity index (χ1v) is 6.14. The second-order valence-electron chi connectivity index (χ2n) is 4.83.